The van der Waals surface area contributed by atoms with Gasteiger partial charge in [-0.05, 0) is 25.0 Å². The van der Waals surface area contributed by atoms with E-state index < -0.39 is 26.6 Å². The first kappa shape index (κ1) is 13.4. The van der Waals surface area contributed by atoms with E-state index in [2.05, 4.69) is 0 Å². The van der Waals surface area contributed by atoms with Crippen LogP contribution in [0.4, 0.5) is 8.78 Å². The maximum Gasteiger partial charge on any atom is 0.245 e. The average molecular weight is 275 g/mol. The summed E-state index contributed by atoms with van der Waals surface area (Å²) < 4.78 is 52.1. The molecule has 0 saturated carbocycles. The number of sulfonamides is 1. The van der Waals surface area contributed by atoms with Crippen LogP contribution in [0.5, 0.6) is 0 Å². The van der Waals surface area contributed by atoms with Gasteiger partial charge in [-0.3, -0.25) is 0 Å². The predicted molar refractivity (Wildman–Crippen MR) is 63.6 cm³/mol. The van der Waals surface area contributed by atoms with Crippen molar-refractivity contribution in [2.24, 2.45) is 0 Å². The molecule has 1 fully saturated rings. The van der Waals surface area contributed by atoms with E-state index >= 15 is 0 Å². The van der Waals surface area contributed by atoms with E-state index in [0.717, 1.165) is 37.8 Å². The Kier molecular flexibility index (Phi) is 3.97. The second-order valence-corrected chi connectivity index (χ2v) is 6.30. The van der Waals surface area contributed by atoms with Crippen molar-refractivity contribution in [2.75, 3.05) is 13.1 Å². The van der Waals surface area contributed by atoms with Crippen molar-refractivity contribution < 1.29 is 17.2 Å². The van der Waals surface area contributed by atoms with E-state index in [0.29, 0.717) is 19.2 Å². The Balaban J connectivity index is 2.34. The molecule has 0 radical (unpaired) electrons. The van der Waals surface area contributed by atoms with E-state index in [1.807, 2.05) is 0 Å². The quantitative estimate of drug-likeness (QED) is 0.831. The van der Waals surface area contributed by atoms with Crippen molar-refractivity contribution in [3.63, 3.8) is 0 Å². The van der Waals surface area contributed by atoms with Crippen molar-refractivity contribution in [1.29, 1.82) is 0 Å². The number of nitrogens with zero attached hydrogens (tertiary/aromatic N) is 1. The molecule has 0 aromatic heterocycles. The lowest BCUT2D eigenvalue weighted by Crippen LogP contribution is -2.32. The Morgan fingerprint density at radius 1 is 1.00 bits per heavy atom. The second kappa shape index (κ2) is 5.32. The van der Waals surface area contributed by atoms with Crippen LogP contribution in [0.15, 0.2) is 23.1 Å². The van der Waals surface area contributed by atoms with E-state index in [9.17, 15) is 17.2 Å². The largest absolute Gasteiger partial charge is 0.245 e. The second-order valence-electron chi connectivity index (χ2n) is 4.39. The molecule has 3 nitrogen and oxygen atoms in total. The van der Waals surface area contributed by atoms with Crippen LogP contribution in [0.25, 0.3) is 0 Å². The molecule has 1 aromatic carbocycles. The van der Waals surface area contributed by atoms with Crippen LogP contribution in [-0.4, -0.2) is 25.8 Å². The van der Waals surface area contributed by atoms with Gasteiger partial charge in [-0.1, -0.05) is 12.8 Å². The number of rotatable bonds is 2. The molecule has 18 heavy (non-hydrogen) atoms. The fourth-order valence-corrected chi connectivity index (χ4v) is 3.67. The Morgan fingerprint density at radius 2 is 1.61 bits per heavy atom. The summed E-state index contributed by atoms with van der Waals surface area (Å²) in [4.78, 5) is -0.439. The number of hydrogen-bond donors (Lipinski definition) is 0. The monoisotopic (exact) mass is 275 g/mol. The molecule has 1 aliphatic rings. The minimum absolute atomic E-state index is 0.402. The first-order valence-corrected chi connectivity index (χ1v) is 7.41. The first-order valence-electron chi connectivity index (χ1n) is 5.97. The van der Waals surface area contributed by atoms with Crippen LogP contribution in [-0.2, 0) is 10.0 Å². The van der Waals surface area contributed by atoms with Gasteiger partial charge in [0, 0.05) is 19.2 Å². The highest BCUT2D eigenvalue weighted by Crippen LogP contribution is 2.22. The van der Waals surface area contributed by atoms with Crippen LogP contribution in [0.1, 0.15) is 25.7 Å². The third kappa shape index (κ3) is 2.70. The number of halogens is 2. The molecule has 1 aromatic rings. The standard InChI is InChI=1S/C12H15F2NO2S/c13-10-5-6-12(11(14)9-10)18(16,17)15-7-3-1-2-4-8-15/h5-6,9H,1-4,7-8H2. The van der Waals surface area contributed by atoms with E-state index in [4.69, 9.17) is 0 Å². The maximum absolute atomic E-state index is 13.6. The highest BCUT2D eigenvalue weighted by molar-refractivity contribution is 7.89. The van der Waals surface area contributed by atoms with Gasteiger partial charge in [-0.2, -0.15) is 4.31 Å². The van der Waals surface area contributed by atoms with Crippen molar-refractivity contribution in [2.45, 2.75) is 30.6 Å². The molecule has 0 atom stereocenters. The molecule has 1 heterocycles. The number of hydrogen-bond acceptors (Lipinski definition) is 2. The van der Waals surface area contributed by atoms with Crippen LogP contribution in [0.2, 0.25) is 0 Å². The maximum atomic E-state index is 13.6. The first-order chi connectivity index (χ1) is 8.51. The minimum atomic E-state index is -3.84. The van der Waals surface area contributed by atoms with Gasteiger partial charge in [0.25, 0.3) is 0 Å². The van der Waals surface area contributed by atoms with E-state index in [1.54, 1.807) is 0 Å². The summed E-state index contributed by atoms with van der Waals surface area (Å²) in [6.45, 7) is 0.804. The van der Waals surface area contributed by atoms with E-state index in [1.165, 1.54) is 4.31 Å². The highest BCUT2D eigenvalue weighted by atomic mass is 32.2. The van der Waals surface area contributed by atoms with Crippen LogP contribution < -0.4 is 0 Å². The molecule has 2 rings (SSSR count). The van der Waals surface area contributed by atoms with Gasteiger partial charge in [0.15, 0.2) is 0 Å². The SMILES string of the molecule is O=S(=O)(c1ccc(F)cc1F)N1CCCCCC1. The van der Waals surface area contributed by atoms with Gasteiger partial charge in [-0.15, -0.1) is 0 Å². The predicted octanol–water partition coefficient (Wildman–Crippen LogP) is 2.53. The zero-order valence-corrected chi connectivity index (χ0v) is 10.7. The Labute approximate surface area is 105 Å². The zero-order valence-electron chi connectivity index (χ0n) is 9.90. The fraction of sp³-hybridized carbons (Fsp3) is 0.500. The Bertz CT molecular complexity index is 523. The highest BCUT2D eigenvalue weighted by Gasteiger charge is 2.27. The van der Waals surface area contributed by atoms with Gasteiger partial charge in [-0.25, -0.2) is 17.2 Å². The lowest BCUT2D eigenvalue weighted by atomic mass is 10.2. The normalized spacial score (nSPS) is 18.6. The van der Waals surface area contributed by atoms with Gasteiger partial charge < -0.3 is 0 Å². The molecular formula is C12H15F2NO2S. The fourth-order valence-electron chi connectivity index (χ4n) is 2.11. The molecule has 6 heteroatoms. The zero-order chi connectivity index (χ0) is 13.2. The number of benzene rings is 1. The Hall–Kier alpha value is -1.01. The lowest BCUT2D eigenvalue weighted by Gasteiger charge is -2.20. The smallest absolute Gasteiger partial charge is 0.207 e. The molecule has 100 valence electrons. The molecule has 0 aliphatic carbocycles. The van der Waals surface area contributed by atoms with Gasteiger partial charge in [0.2, 0.25) is 10.0 Å². The molecule has 0 unspecified atom stereocenters. The van der Waals surface area contributed by atoms with E-state index in [-0.39, 0.29) is 0 Å². The summed E-state index contributed by atoms with van der Waals surface area (Å²) >= 11 is 0. The van der Waals surface area contributed by atoms with Gasteiger partial charge in [0.1, 0.15) is 16.5 Å². The van der Waals surface area contributed by atoms with Crippen LogP contribution >= 0.6 is 0 Å². The summed E-state index contributed by atoms with van der Waals surface area (Å²) in [5, 5.41) is 0. The summed E-state index contributed by atoms with van der Waals surface area (Å²) in [7, 11) is -3.84. The summed E-state index contributed by atoms with van der Waals surface area (Å²) in [6.07, 6.45) is 3.53. The third-order valence-corrected chi connectivity index (χ3v) is 5.01. The van der Waals surface area contributed by atoms with Crippen molar-refractivity contribution >= 4 is 10.0 Å². The molecule has 0 amide bonds. The van der Waals surface area contributed by atoms with Crippen LogP contribution in [0, 0.1) is 11.6 Å². The minimum Gasteiger partial charge on any atom is -0.207 e. The van der Waals surface area contributed by atoms with Crippen LogP contribution in [0.3, 0.4) is 0 Å². The Morgan fingerprint density at radius 3 is 2.17 bits per heavy atom. The topological polar surface area (TPSA) is 37.4 Å². The molecule has 1 aliphatic heterocycles. The molecular weight excluding hydrogens is 260 g/mol. The summed E-state index contributed by atoms with van der Waals surface area (Å²) in [5.41, 5.74) is 0. The van der Waals surface area contributed by atoms with Crippen molar-refractivity contribution in [3.05, 3.63) is 29.8 Å². The molecule has 0 N–H and O–H groups in total. The summed E-state index contributed by atoms with van der Waals surface area (Å²) in [5.74, 6) is -1.80. The van der Waals surface area contributed by atoms with Gasteiger partial charge >= 0.3 is 0 Å². The average Bonchev–Trinajstić information content (AvgIpc) is 2.57. The molecule has 0 spiro atoms. The third-order valence-electron chi connectivity index (χ3n) is 3.08. The van der Waals surface area contributed by atoms with Crippen molar-refractivity contribution in [3.8, 4) is 0 Å². The van der Waals surface area contributed by atoms with Crippen molar-refractivity contribution in [1.82, 2.24) is 4.31 Å². The molecule has 0 bridgehead atoms. The van der Waals surface area contributed by atoms with Gasteiger partial charge in [0.05, 0.1) is 0 Å². The molecule has 1 saturated heterocycles. The summed E-state index contributed by atoms with van der Waals surface area (Å²) in [6, 6.07) is 2.56. The lowest BCUT2D eigenvalue weighted by molar-refractivity contribution is 0.419.